The van der Waals surface area contributed by atoms with E-state index in [-0.39, 0.29) is 5.97 Å². The lowest BCUT2D eigenvalue weighted by Gasteiger charge is -2.12. The Morgan fingerprint density at radius 2 is 1.86 bits per heavy atom. The van der Waals surface area contributed by atoms with E-state index in [1.165, 1.54) is 7.11 Å². The van der Waals surface area contributed by atoms with Crippen LogP contribution in [0.15, 0.2) is 48.5 Å². The average molecular weight is 349 g/mol. The van der Waals surface area contributed by atoms with Crippen LogP contribution < -0.4 is 4.74 Å². The van der Waals surface area contributed by atoms with Gasteiger partial charge in [0.15, 0.2) is 0 Å². The molecule has 3 nitrogen and oxygen atoms in total. The summed E-state index contributed by atoms with van der Waals surface area (Å²) in [6.45, 7) is 0.419. The van der Waals surface area contributed by atoms with Crippen molar-refractivity contribution in [2.45, 2.75) is 13.0 Å². The van der Waals surface area contributed by atoms with Crippen LogP contribution in [0.2, 0.25) is 0 Å². The van der Waals surface area contributed by atoms with Gasteiger partial charge in [0, 0.05) is 5.33 Å². The summed E-state index contributed by atoms with van der Waals surface area (Å²) in [5, 5.41) is 0.845. The number of rotatable bonds is 6. The smallest absolute Gasteiger partial charge is 0.341 e. The molecule has 0 aliphatic heterocycles. The molecule has 0 radical (unpaired) electrons. The van der Waals surface area contributed by atoms with Crippen LogP contribution in [0.5, 0.6) is 5.75 Å². The van der Waals surface area contributed by atoms with Gasteiger partial charge in [-0.2, -0.15) is 0 Å². The molecule has 2 aromatic rings. The highest BCUT2D eigenvalue weighted by Gasteiger charge is 2.14. The topological polar surface area (TPSA) is 35.5 Å². The molecule has 0 amide bonds. The fourth-order valence-corrected chi connectivity index (χ4v) is 2.43. The molecule has 0 spiro atoms. The van der Waals surface area contributed by atoms with Crippen LogP contribution >= 0.6 is 15.9 Å². The van der Waals surface area contributed by atoms with Gasteiger partial charge in [0.2, 0.25) is 0 Å². The van der Waals surface area contributed by atoms with Crippen LogP contribution in [0.25, 0.3) is 0 Å². The van der Waals surface area contributed by atoms with Gasteiger partial charge < -0.3 is 9.47 Å². The maximum absolute atomic E-state index is 11.9. The van der Waals surface area contributed by atoms with Crippen molar-refractivity contribution in [3.8, 4) is 5.75 Å². The van der Waals surface area contributed by atoms with E-state index >= 15 is 0 Å². The van der Waals surface area contributed by atoms with Crippen molar-refractivity contribution in [3.05, 3.63) is 65.2 Å². The molecule has 0 heterocycles. The van der Waals surface area contributed by atoms with Crippen molar-refractivity contribution in [2.75, 3.05) is 12.4 Å². The summed E-state index contributed by atoms with van der Waals surface area (Å²) in [4.78, 5) is 11.9. The standard InChI is InChI=1S/C17H17BrO3/c1-20-17(19)15-11-13(9-10-18)7-8-16(15)21-12-14-5-3-2-4-6-14/h2-8,11H,9-10,12H2,1H3. The number of aryl methyl sites for hydroxylation is 1. The average Bonchev–Trinajstić information content (AvgIpc) is 2.54. The van der Waals surface area contributed by atoms with Gasteiger partial charge in [-0.05, 0) is 29.7 Å². The highest BCUT2D eigenvalue weighted by Crippen LogP contribution is 2.23. The lowest BCUT2D eigenvalue weighted by molar-refractivity contribution is 0.0595. The van der Waals surface area contributed by atoms with Gasteiger partial charge >= 0.3 is 5.97 Å². The molecule has 0 aromatic heterocycles. The van der Waals surface area contributed by atoms with Gasteiger partial charge in [0.25, 0.3) is 0 Å². The zero-order valence-corrected chi connectivity index (χ0v) is 13.4. The normalized spacial score (nSPS) is 10.2. The van der Waals surface area contributed by atoms with Crippen LogP contribution in [0.3, 0.4) is 0 Å². The monoisotopic (exact) mass is 348 g/mol. The summed E-state index contributed by atoms with van der Waals surface area (Å²) in [6, 6.07) is 15.5. The summed E-state index contributed by atoms with van der Waals surface area (Å²) in [7, 11) is 1.38. The Kier molecular flexibility index (Phi) is 5.81. The van der Waals surface area contributed by atoms with Crippen LogP contribution in [-0.2, 0) is 17.8 Å². The van der Waals surface area contributed by atoms with E-state index in [1.54, 1.807) is 0 Å². The molecule has 4 heteroatoms. The summed E-state index contributed by atoms with van der Waals surface area (Å²) < 4.78 is 10.6. The van der Waals surface area contributed by atoms with Crippen LogP contribution in [0.1, 0.15) is 21.5 Å². The maximum Gasteiger partial charge on any atom is 0.341 e. The quantitative estimate of drug-likeness (QED) is 0.584. The second-order valence-corrected chi connectivity index (χ2v) is 5.33. The largest absolute Gasteiger partial charge is 0.488 e. The molecule has 0 aliphatic carbocycles. The van der Waals surface area contributed by atoms with E-state index in [9.17, 15) is 4.79 Å². The van der Waals surface area contributed by atoms with Crippen molar-refractivity contribution in [1.29, 1.82) is 0 Å². The first kappa shape index (κ1) is 15.6. The zero-order chi connectivity index (χ0) is 15.1. The number of esters is 1. The third-order valence-electron chi connectivity index (χ3n) is 3.07. The summed E-state index contributed by atoms with van der Waals surface area (Å²) >= 11 is 3.40. The van der Waals surface area contributed by atoms with Crippen molar-refractivity contribution in [2.24, 2.45) is 0 Å². The molecule has 0 N–H and O–H groups in total. The summed E-state index contributed by atoms with van der Waals surface area (Å²) in [5.74, 6) is 0.165. The molecular weight excluding hydrogens is 332 g/mol. The first-order valence-corrected chi connectivity index (χ1v) is 7.80. The molecule has 110 valence electrons. The van der Waals surface area contributed by atoms with E-state index in [0.717, 1.165) is 22.9 Å². The molecule has 2 aromatic carbocycles. The first-order chi connectivity index (χ1) is 10.2. The van der Waals surface area contributed by atoms with Gasteiger partial charge in [0.05, 0.1) is 7.11 Å². The van der Waals surface area contributed by atoms with E-state index in [0.29, 0.717) is 17.9 Å². The molecule has 0 saturated heterocycles. The highest BCUT2D eigenvalue weighted by atomic mass is 79.9. The van der Waals surface area contributed by atoms with Crippen molar-refractivity contribution in [3.63, 3.8) is 0 Å². The number of ether oxygens (including phenoxy) is 2. The van der Waals surface area contributed by atoms with E-state index < -0.39 is 0 Å². The SMILES string of the molecule is COC(=O)c1cc(CCBr)ccc1OCc1ccccc1. The van der Waals surface area contributed by atoms with Crippen molar-refractivity contribution in [1.82, 2.24) is 0 Å². The Labute approximate surface area is 133 Å². The minimum Gasteiger partial charge on any atom is -0.488 e. The lowest BCUT2D eigenvalue weighted by Crippen LogP contribution is -2.07. The Bertz CT molecular complexity index is 596. The molecule has 0 aliphatic rings. The number of carbonyl (C=O) groups excluding carboxylic acids is 1. The highest BCUT2D eigenvalue weighted by molar-refractivity contribution is 9.09. The van der Waals surface area contributed by atoms with Gasteiger partial charge in [0.1, 0.15) is 17.9 Å². The van der Waals surface area contributed by atoms with Gasteiger partial charge in [-0.15, -0.1) is 0 Å². The van der Waals surface area contributed by atoms with Gasteiger partial charge in [-0.3, -0.25) is 0 Å². The van der Waals surface area contributed by atoms with E-state index in [2.05, 4.69) is 15.9 Å². The number of halogens is 1. The summed E-state index contributed by atoms with van der Waals surface area (Å²) in [6.07, 6.45) is 0.850. The number of hydrogen-bond donors (Lipinski definition) is 0. The number of hydrogen-bond acceptors (Lipinski definition) is 3. The number of methoxy groups -OCH3 is 1. The minimum atomic E-state index is -0.380. The van der Waals surface area contributed by atoms with Crippen LogP contribution in [0, 0.1) is 0 Å². The molecule has 21 heavy (non-hydrogen) atoms. The van der Waals surface area contributed by atoms with E-state index in [1.807, 2.05) is 48.5 Å². The molecular formula is C17H17BrO3. The van der Waals surface area contributed by atoms with Crippen molar-refractivity contribution < 1.29 is 14.3 Å². The van der Waals surface area contributed by atoms with Gasteiger partial charge in [-0.1, -0.05) is 52.3 Å². The zero-order valence-electron chi connectivity index (χ0n) is 11.8. The van der Waals surface area contributed by atoms with Crippen LogP contribution in [0.4, 0.5) is 0 Å². The third-order valence-corrected chi connectivity index (χ3v) is 3.47. The first-order valence-electron chi connectivity index (χ1n) is 6.68. The van der Waals surface area contributed by atoms with E-state index in [4.69, 9.17) is 9.47 Å². The Morgan fingerprint density at radius 3 is 2.52 bits per heavy atom. The number of carbonyl (C=O) groups is 1. The lowest BCUT2D eigenvalue weighted by atomic mass is 10.1. The second kappa shape index (κ2) is 7.84. The molecule has 0 bridgehead atoms. The Balaban J connectivity index is 2.19. The molecule has 0 fully saturated rings. The number of alkyl halides is 1. The van der Waals surface area contributed by atoms with Gasteiger partial charge in [-0.25, -0.2) is 4.79 Å². The molecule has 0 atom stereocenters. The predicted octanol–water partition coefficient (Wildman–Crippen LogP) is 3.99. The molecule has 0 saturated carbocycles. The molecule has 0 unspecified atom stereocenters. The van der Waals surface area contributed by atoms with Crippen LogP contribution in [-0.4, -0.2) is 18.4 Å². The third kappa shape index (κ3) is 4.33. The fourth-order valence-electron chi connectivity index (χ4n) is 1.97. The number of benzene rings is 2. The second-order valence-electron chi connectivity index (χ2n) is 4.54. The Morgan fingerprint density at radius 1 is 1.10 bits per heavy atom. The van der Waals surface area contributed by atoms with Crippen molar-refractivity contribution >= 4 is 21.9 Å². The Hall–Kier alpha value is -1.81. The predicted molar refractivity (Wildman–Crippen MR) is 86.1 cm³/mol. The summed E-state index contributed by atoms with van der Waals surface area (Å²) in [5.41, 5.74) is 2.59. The molecule has 2 rings (SSSR count). The fraction of sp³-hybridized carbons (Fsp3) is 0.235. The minimum absolute atomic E-state index is 0.380. The maximum atomic E-state index is 11.9.